The molecule has 8 heteroatoms. The number of nitrogens with zero attached hydrogens (tertiary/aromatic N) is 6. The van der Waals surface area contributed by atoms with Gasteiger partial charge in [-0.2, -0.15) is 0 Å². The summed E-state index contributed by atoms with van der Waals surface area (Å²) in [5.41, 5.74) is 2.09. The van der Waals surface area contributed by atoms with E-state index in [4.69, 9.17) is 4.42 Å². The van der Waals surface area contributed by atoms with E-state index in [9.17, 15) is 0 Å². The Bertz CT molecular complexity index is 825. The van der Waals surface area contributed by atoms with Crippen LogP contribution in [0.3, 0.4) is 0 Å². The van der Waals surface area contributed by atoms with Crippen LogP contribution < -0.4 is 0 Å². The number of aromatic nitrogens is 6. The molecule has 1 aliphatic carbocycles. The minimum absolute atomic E-state index is 0.00967. The summed E-state index contributed by atoms with van der Waals surface area (Å²) in [6.07, 6.45) is 2.29. The van der Waals surface area contributed by atoms with E-state index < -0.39 is 0 Å². The SMILES string of the molecule is Cc1cccc(-c2nnc([C@H](C)Sc3nnnn3C3CC3)o2)c1. The fraction of sp³-hybridized carbons (Fsp3) is 0.400. The van der Waals surface area contributed by atoms with Crippen molar-refractivity contribution in [3.8, 4) is 11.5 Å². The molecular formula is C15H16N6OS. The highest BCUT2D eigenvalue weighted by atomic mass is 32.2. The van der Waals surface area contributed by atoms with E-state index in [1.165, 1.54) is 0 Å². The van der Waals surface area contributed by atoms with E-state index in [0.29, 0.717) is 17.8 Å². The van der Waals surface area contributed by atoms with Gasteiger partial charge in [-0.3, -0.25) is 0 Å². The lowest BCUT2D eigenvalue weighted by Gasteiger charge is -2.06. The quantitative estimate of drug-likeness (QED) is 0.665. The van der Waals surface area contributed by atoms with Crippen molar-refractivity contribution in [3.05, 3.63) is 35.7 Å². The minimum Gasteiger partial charge on any atom is -0.419 e. The predicted octanol–water partition coefficient (Wildman–Crippen LogP) is 3.22. The lowest BCUT2D eigenvalue weighted by Crippen LogP contribution is -2.00. The summed E-state index contributed by atoms with van der Waals surface area (Å²) >= 11 is 1.54. The monoisotopic (exact) mass is 328 g/mol. The molecule has 0 spiro atoms. The topological polar surface area (TPSA) is 82.5 Å². The summed E-state index contributed by atoms with van der Waals surface area (Å²) in [6.45, 7) is 4.06. The predicted molar refractivity (Wildman–Crippen MR) is 84.8 cm³/mol. The van der Waals surface area contributed by atoms with Crippen LogP contribution in [0.2, 0.25) is 0 Å². The van der Waals surface area contributed by atoms with Gasteiger partial charge in [0.15, 0.2) is 0 Å². The van der Waals surface area contributed by atoms with Crippen molar-refractivity contribution in [2.45, 2.75) is 43.1 Å². The first-order chi connectivity index (χ1) is 11.2. The summed E-state index contributed by atoms with van der Waals surface area (Å²) < 4.78 is 7.72. The van der Waals surface area contributed by atoms with Crippen molar-refractivity contribution in [2.24, 2.45) is 0 Å². The van der Waals surface area contributed by atoms with Gasteiger partial charge >= 0.3 is 0 Å². The average molecular weight is 328 g/mol. The molecule has 0 bridgehead atoms. The molecule has 4 rings (SSSR count). The van der Waals surface area contributed by atoms with Crippen LogP contribution in [0.5, 0.6) is 0 Å². The Balaban J connectivity index is 1.53. The highest BCUT2D eigenvalue weighted by molar-refractivity contribution is 7.99. The average Bonchev–Trinajstić information content (AvgIpc) is 3.09. The summed E-state index contributed by atoms with van der Waals surface area (Å²) in [4.78, 5) is 0. The Morgan fingerprint density at radius 1 is 1.26 bits per heavy atom. The number of thioether (sulfide) groups is 1. The van der Waals surface area contributed by atoms with Crippen molar-refractivity contribution in [1.82, 2.24) is 30.4 Å². The van der Waals surface area contributed by atoms with Crippen molar-refractivity contribution < 1.29 is 4.42 Å². The Kier molecular flexibility index (Phi) is 3.60. The molecule has 2 heterocycles. The molecule has 0 radical (unpaired) electrons. The Morgan fingerprint density at radius 2 is 2.13 bits per heavy atom. The normalized spacial score (nSPS) is 15.7. The fourth-order valence-electron chi connectivity index (χ4n) is 2.31. The first-order valence-corrected chi connectivity index (χ1v) is 8.43. The smallest absolute Gasteiger partial charge is 0.247 e. The van der Waals surface area contributed by atoms with Crippen molar-refractivity contribution in [3.63, 3.8) is 0 Å². The van der Waals surface area contributed by atoms with Crippen LogP contribution in [-0.4, -0.2) is 30.4 Å². The standard InChI is InChI=1S/C15H16N6OS/c1-9-4-3-5-11(8-9)14-17-16-13(22-14)10(2)23-15-18-19-20-21(15)12-6-7-12/h3-5,8,10,12H,6-7H2,1-2H3/t10-/m0/s1. The van der Waals surface area contributed by atoms with Gasteiger partial charge in [0, 0.05) is 5.56 Å². The van der Waals surface area contributed by atoms with Gasteiger partial charge in [-0.15, -0.1) is 15.3 Å². The van der Waals surface area contributed by atoms with Crippen molar-refractivity contribution in [2.75, 3.05) is 0 Å². The zero-order valence-electron chi connectivity index (χ0n) is 12.9. The number of aryl methyl sites for hydroxylation is 1. The lowest BCUT2D eigenvalue weighted by atomic mass is 10.1. The highest BCUT2D eigenvalue weighted by Gasteiger charge is 2.29. The molecule has 2 aromatic heterocycles. The fourth-order valence-corrected chi connectivity index (χ4v) is 3.20. The van der Waals surface area contributed by atoms with Gasteiger partial charge in [0.2, 0.25) is 16.9 Å². The molecule has 0 unspecified atom stereocenters. The molecule has 1 atom stereocenters. The summed E-state index contributed by atoms with van der Waals surface area (Å²) in [7, 11) is 0. The maximum Gasteiger partial charge on any atom is 0.247 e. The lowest BCUT2D eigenvalue weighted by molar-refractivity contribution is 0.507. The molecule has 23 heavy (non-hydrogen) atoms. The number of hydrogen-bond donors (Lipinski definition) is 0. The Hall–Kier alpha value is -2.22. The Labute approximate surface area is 137 Å². The molecule has 0 aliphatic heterocycles. The van der Waals surface area contributed by atoms with Gasteiger partial charge in [0.1, 0.15) is 0 Å². The molecule has 1 aromatic carbocycles. The third-order valence-corrected chi connectivity index (χ3v) is 4.73. The third-order valence-electron chi connectivity index (χ3n) is 3.69. The van der Waals surface area contributed by atoms with Gasteiger partial charge in [-0.25, -0.2) is 4.68 Å². The van der Waals surface area contributed by atoms with E-state index in [1.807, 2.05) is 42.8 Å². The molecule has 7 nitrogen and oxygen atoms in total. The summed E-state index contributed by atoms with van der Waals surface area (Å²) in [5, 5.41) is 21.0. The Morgan fingerprint density at radius 3 is 2.91 bits per heavy atom. The minimum atomic E-state index is -0.00967. The molecular weight excluding hydrogens is 312 g/mol. The molecule has 1 fully saturated rings. The van der Waals surface area contributed by atoms with Crippen molar-refractivity contribution >= 4 is 11.8 Å². The van der Waals surface area contributed by atoms with Crippen LogP contribution in [0.4, 0.5) is 0 Å². The van der Waals surface area contributed by atoms with Crippen molar-refractivity contribution in [1.29, 1.82) is 0 Å². The number of rotatable bonds is 5. The van der Waals surface area contributed by atoms with E-state index >= 15 is 0 Å². The highest BCUT2D eigenvalue weighted by Crippen LogP contribution is 2.40. The molecule has 1 aliphatic rings. The van der Waals surface area contributed by atoms with Gasteiger partial charge in [-0.05, 0) is 49.2 Å². The zero-order chi connectivity index (χ0) is 15.8. The molecule has 1 saturated carbocycles. The summed E-state index contributed by atoms with van der Waals surface area (Å²) in [6, 6.07) is 8.47. The van der Waals surface area contributed by atoms with Crippen LogP contribution in [0.15, 0.2) is 33.8 Å². The van der Waals surface area contributed by atoms with Gasteiger partial charge in [0.25, 0.3) is 0 Å². The van der Waals surface area contributed by atoms with E-state index in [0.717, 1.165) is 29.1 Å². The molecule has 0 saturated heterocycles. The zero-order valence-corrected chi connectivity index (χ0v) is 13.7. The van der Waals surface area contributed by atoms with Crippen LogP contribution in [0.1, 0.15) is 42.5 Å². The van der Waals surface area contributed by atoms with Gasteiger partial charge in [0.05, 0.1) is 11.3 Å². The maximum atomic E-state index is 5.83. The van der Waals surface area contributed by atoms with Crippen LogP contribution in [0.25, 0.3) is 11.5 Å². The van der Waals surface area contributed by atoms with E-state index in [1.54, 1.807) is 11.8 Å². The molecule has 118 valence electrons. The number of tetrazole rings is 1. The van der Waals surface area contributed by atoms with Crippen LogP contribution in [0, 0.1) is 6.92 Å². The second kappa shape index (κ2) is 5.77. The largest absolute Gasteiger partial charge is 0.419 e. The number of hydrogen-bond acceptors (Lipinski definition) is 7. The van der Waals surface area contributed by atoms with Gasteiger partial charge < -0.3 is 4.42 Å². The first kappa shape index (κ1) is 14.4. The second-order valence-corrected chi connectivity index (χ2v) is 7.02. The molecule has 0 N–H and O–H groups in total. The first-order valence-electron chi connectivity index (χ1n) is 7.55. The van der Waals surface area contributed by atoms with E-state index in [-0.39, 0.29) is 5.25 Å². The van der Waals surface area contributed by atoms with E-state index in [2.05, 4.69) is 25.7 Å². The molecule has 3 aromatic rings. The third kappa shape index (κ3) is 2.98. The second-order valence-electron chi connectivity index (χ2n) is 5.71. The van der Waals surface area contributed by atoms with Crippen LogP contribution >= 0.6 is 11.8 Å². The maximum absolute atomic E-state index is 5.83. The summed E-state index contributed by atoms with van der Waals surface area (Å²) in [5.74, 6) is 1.12. The van der Waals surface area contributed by atoms with Gasteiger partial charge in [-0.1, -0.05) is 29.5 Å². The molecule has 0 amide bonds. The number of benzene rings is 1. The van der Waals surface area contributed by atoms with Crippen LogP contribution in [-0.2, 0) is 0 Å².